The molecule has 1 aliphatic heterocycles. The Balaban J connectivity index is 1.37. The van der Waals surface area contributed by atoms with Crippen molar-refractivity contribution in [1.82, 2.24) is 24.6 Å². The van der Waals surface area contributed by atoms with Gasteiger partial charge in [-0.25, -0.2) is 23.9 Å². The van der Waals surface area contributed by atoms with Crippen molar-refractivity contribution < 1.29 is 32.3 Å². The summed E-state index contributed by atoms with van der Waals surface area (Å²) < 4.78 is 54.7. The van der Waals surface area contributed by atoms with E-state index in [-0.39, 0.29) is 30.8 Å². The number of imidazole rings is 1. The molecule has 7 atom stereocenters. The van der Waals surface area contributed by atoms with Crippen LogP contribution in [0.2, 0.25) is 0 Å². The number of ether oxygens (including phenoxy) is 2. The molecule has 3 aromatic rings. The first-order valence-electron chi connectivity index (χ1n) is 13.4. The van der Waals surface area contributed by atoms with Gasteiger partial charge in [0.05, 0.1) is 31.1 Å². The zero-order chi connectivity index (χ0) is 29.6. The lowest BCUT2D eigenvalue weighted by Gasteiger charge is -2.34. The zero-order valence-corrected chi connectivity index (χ0v) is 24.2. The van der Waals surface area contributed by atoms with Gasteiger partial charge in [0.15, 0.2) is 11.5 Å². The predicted octanol–water partition coefficient (Wildman–Crippen LogP) is 3.13. The van der Waals surface area contributed by atoms with Gasteiger partial charge in [0.2, 0.25) is 5.85 Å². The molecule has 1 aliphatic carbocycles. The first-order chi connectivity index (χ1) is 19.4. The minimum absolute atomic E-state index is 0.192. The molecular weight excluding hydrogens is 556 g/mol. The number of alkyl halides is 1. The molecular formula is C26H35FN7O6P. The number of fused-ring (bicyclic) bond motifs is 2. The summed E-state index contributed by atoms with van der Waals surface area (Å²) in [7, 11) is -4.18. The highest BCUT2D eigenvalue weighted by Gasteiger charge is 2.82. The van der Waals surface area contributed by atoms with Gasteiger partial charge in [-0.3, -0.25) is 9.32 Å². The van der Waals surface area contributed by atoms with Crippen LogP contribution in [-0.4, -0.2) is 62.7 Å². The molecule has 0 radical (unpaired) electrons. The number of hydrogen-bond donors (Lipinski definition) is 3. The quantitative estimate of drug-likeness (QED) is 0.207. The van der Waals surface area contributed by atoms with Crippen LogP contribution in [0.15, 0.2) is 43.0 Å². The first kappa shape index (κ1) is 29.3. The number of carbonyl (C=O) groups is 1. The normalized spacial score (nSPS) is 29.2. The van der Waals surface area contributed by atoms with E-state index in [4.69, 9.17) is 30.0 Å². The second-order valence-electron chi connectivity index (χ2n) is 10.9. The van der Waals surface area contributed by atoms with E-state index in [9.17, 15) is 9.36 Å². The monoisotopic (exact) mass is 591 g/mol. The summed E-state index contributed by atoms with van der Waals surface area (Å²) in [6.45, 7) is 6.72. The number of rotatable bonds is 12. The minimum atomic E-state index is -4.18. The van der Waals surface area contributed by atoms with Crippen LogP contribution in [-0.2, 0) is 23.4 Å². The Morgan fingerprint density at radius 1 is 1.24 bits per heavy atom. The van der Waals surface area contributed by atoms with E-state index in [0.717, 1.165) is 0 Å². The summed E-state index contributed by atoms with van der Waals surface area (Å²) >= 11 is 0. The van der Waals surface area contributed by atoms with Gasteiger partial charge >= 0.3 is 13.7 Å². The van der Waals surface area contributed by atoms with Crippen LogP contribution >= 0.6 is 7.75 Å². The zero-order valence-electron chi connectivity index (χ0n) is 23.3. The summed E-state index contributed by atoms with van der Waals surface area (Å²) in [5.74, 6) is -2.88. The smallest absolute Gasteiger partial charge is 0.459 e. The van der Waals surface area contributed by atoms with Gasteiger partial charge in [0, 0.05) is 5.41 Å². The lowest BCUT2D eigenvalue weighted by atomic mass is 9.77. The van der Waals surface area contributed by atoms with Crippen molar-refractivity contribution in [2.24, 2.45) is 17.1 Å². The van der Waals surface area contributed by atoms with Crippen LogP contribution in [0, 0.1) is 11.3 Å². The van der Waals surface area contributed by atoms with E-state index in [2.05, 4.69) is 20.0 Å². The van der Waals surface area contributed by atoms with Crippen molar-refractivity contribution in [3.63, 3.8) is 0 Å². The van der Waals surface area contributed by atoms with Gasteiger partial charge < -0.3 is 30.0 Å². The molecule has 4 unspecified atom stereocenters. The Bertz CT molecular complexity index is 1460. The summed E-state index contributed by atoms with van der Waals surface area (Å²) in [5, 5.41) is 2.64. The maximum atomic E-state index is 16.4. The number of benzene rings is 1. The summed E-state index contributed by atoms with van der Waals surface area (Å²) in [6.07, 6.45) is 1.96. The van der Waals surface area contributed by atoms with Crippen LogP contribution in [0.4, 0.5) is 10.2 Å². The van der Waals surface area contributed by atoms with Crippen LogP contribution < -0.4 is 21.1 Å². The van der Waals surface area contributed by atoms with Crippen LogP contribution in [0.1, 0.15) is 40.2 Å². The number of nitrogen functional groups attached to an aromatic ring is 1. The molecule has 1 aromatic carbocycles. The Morgan fingerprint density at radius 3 is 2.66 bits per heavy atom. The van der Waals surface area contributed by atoms with Gasteiger partial charge in [0.1, 0.15) is 29.7 Å². The van der Waals surface area contributed by atoms with Crippen molar-refractivity contribution in [2.45, 2.75) is 64.3 Å². The number of aromatic nitrogens is 4. The standard InChI is InChI=1S/C26H35FN7O6P/c1-15(2)38-24(35)16(3)33-41(36,40-17-8-6-5-7-9-17)37-12-18-25(4,10-11-28)20-21(26(20,27)39-18)34-14-32-19-22(29)30-13-31-23(19)34/h5-9,13-16,18,20-21H,10-12,28H2,1-4H3,(H,33,36)(H2,29,30,31)/t16-,18+,20?,21-,25?,26?,41?/m0/s1. The number of nitrogens with one attached hydrogen (secondary N) is 1. The van der Waals surface area contributed by atoms with Crippen molar-refractivity contribution in [3.05, 3.63) is 43.0 Å². The highest BCUT2D eigenvalue weighted by atomic mass is 31.2. The van der Waals surface area contributed by atoms with Crippen LogP contribution in [0.25, 0.3) is 11.2 Å². The molecule has 15 heteroatoms. The van der Waals surface area contributed by atoms with Gasteiger partial charge in [0.25, 0.3) is 0 Å². The van der Waals surface area contributed by atoms with Gasteiger partial charge in [-0.2, -0.15) is 5.09 Å². The van der Waals surface area contributed by atoms with Gasteiger partial charge in [-0.15, -0.1) is 0 Å². The highest BCUT2D eigenvalue weighted by molar-refractivity contribution is 7.52. The van der Waals surface area contributed by atoms with Crippen molar-refractivity contribution in [3.8, 4) is 5.75 Å². The third kappa shape index (κ3) is 5.42. The Morgan fingerprint density at radius 2 is 1.98 bits per heavy atom. The molecule has 2 aromatic heterocycles. The van der Waals surface area contributed by atoms with Crippen molar-refractivity contribution in [1.29, 1.82) is 0 Å². The second kappa shape index (κ2) is 10.9. The van der Waals surface area contributed by atoms with E-state index < -0.39 is 49.1 Å². The Hall–Kier alpha value is -3.16. The molecule has 222 valence electrons. The number of nitrogens with zero attached hydrogens (tertiary/aromatic N) is 4. The van der Waals surface area contributed by atoms with E-state index in [1.165, 1.54) is 19.6 Å². The lowest BCUT2D eigenvalue weighted by molar-refractivity contribution is -0.149. The molecule has 5 rings (SSSR count). The van der Waals surface area contributed by atoms with Gasteiger partial charge in [-0.05, 0) is 45.9 Å². The number of halogens is 1. The summed E-state index contributed by atoms with van der Waals surface area (Å²) in [4.78, 5) is 24.9. The average molecular weight is 592 g/mol. The molecule has 1 saturated heterocycles. The van der Waals surface area contributed by atoms with E-state index in [1.807, 2.05) is 6.92 Å². The Kier molecular flexibility index (Phi) is 7.81. The molecule has 13 nitrogen and oxygen atoms in total. The fourth-order valence-corrected chi connectivity index (χ4v) is 7.09. The Labute approximate surface area is 236 Å². The molecule has 1 saturated carbocycles. The molecule has 0 amide bonds. The summed E-state index contributed by atoms with van der Waals surface area (Å²) in [6, 6.07) is 6.61. The first-order valence-corrected chi connectivity index (χ1v) is 14.9. The SMILES string of the molecule is CC(C)OC(=O)[C@H](C)NP(=O)(OC[C@H]1OC2(F)C([C@@H]2n2cnc3c(N)ncnc32)C1(C)CCN)Oc1ccccc1. The predicted molar refractivity (Wildman–Crippen MR) is 147 cm³/mol. The molecule has 0 spiro atoms. The van der Waals surface area contributed by atoms with E-state index >= 15 is 4.39 Å². The molecule has 0 bridgehead atoms. The number of para-hydroxylation sites is 1. The van der Waals surface area contributed by atoms with Crippen molar-refractivity contribution in [2.75, 3.05) is 18.9 Å². The molecule has 2 fully saturated rings. The third-order valence-corrected chi connectivity index (χ3v) is 9.24. The van der Waals surface area contributed by atoms with Crippen LogP contribution in [0.5, 0.6) is 5.75 Å². The fourth-order valence-electron chi connectivity index (χ4n) is 5.60. The highest BCUT2D eigenvalue weighted by Crippen LogP contribution is 2.73. The largest absolute Gasteiger partial charge is 0.462 e. The molecule has 5 N–H and O–H groups in total. The maximum Gasteiger partial charge on any atom is 0.459 e. The molecule has 3 heterocycles. The third-order valence-electron chi connectivity index (χ3n) is 7.59. The number of anilines is 1. The topological polar surface area (TPSA) is 179 Å². The number of nitrogens with two attached hydrogens (primary N) is 2. The minimum Gasteiger partial charge on any atom is -0.462 e. The van der Waals surface area contributed by atoms with E-state index in [0.29, 0.717) is 17.6 Å². The fraction of sp³-hybridized carbons (Fsp3) is 0.538. The second-order valence-corrected chi connectivity index (χ2v) is 12.6. The average Bonchev–Trinajstić information content (AvgIpc) is 3.19. The van der Waals surface area contributed by atoms with Crippen LogP contribution in [0.3, 0.4) is 0 Å². The van der Waals surface area contributed by atoms with Crippen molar-refractivity contribution >= 4 is 30.7 Å². The number of esters is 1. The maximum absolute atomic E-state index is 16.4. The molecule has 41 heavy (non-hydrogen) atoms. The van der Waals surface area contributed by atoms with Gasteiger partial charge in [-0.1, -0.05) is 25.1 Å². The summed E-state index contributed by atoms with van der Waals surface area (Å²) in [5.41, 5.74) is 11.8. The number of carbonyl (C=O) groups excluding carboxylic acids is 1. The van der Waals surface area contributed by atoms with E-state index in [1.54, 1.807) is 48.7 Å². The molecule has 2 aliphatic rings. The number of hydrogen-bond acceptors (Lipinski definition) is 11. The lowest BCUT2D eigenvalue weighted by Crippen LogP contribution is -2.41.